The monoisotopic (exact) mass is 338 g/mol. The van der Waals surface area contributed by atoms with Crippen LogP contribution in [-0.2, 0) is 4.79 Å². The molecule has 1 unspecified atom stereocenters. The van der Waals surface area contributed by atoms with Crippen LogP contribution in [-0.4, -0.2) is 17.9 Å². The highest BCUT2D eigenvalue weighted by Crippen LogP contribution is 2.16. The summed E-state index contributed by atoms with van der Waals surface area (Å²) in [4.78, 5) is 23.5. The molecule has 0 aliphatic rings. The van der Waals surface area contributed by atoms with Gasteiger partial charge < -0.3 is 4.74 Å². The van der Waals surface area contributed by atoms with E-state index in [0.29, 0.717) is 6.07 Å². The van der Waals surface area contributed by atoms with Gasteiger partial charge in [-0.15, -0.1) is 0 Å². The van der Waals surface area contributed by atoms with Crippen molar-refractivity contribution in [2.45, 2.75) is 13.0 Å². The van der Waals surface area contributed by atoms with E-state index in [4.69, 9.17) is 4.74 Å². The van der Waals surface area contributed by atoms with Gasteiger partial charge in [-0.3, -0.25) is 20.4 Å². The molecule has 2 N–H and O–H groups in total. The van der Waals surface area contributed by atoms with E-state index in [0.717, 1.165) is 12.1 Å². The first-order valence-corrected chi connectivity index (χ1v) is 6.85. The van der Waals surface area contributed by atoms with Crippen molar-refractivity contribution in [1.29, 1.82) is 0 Å². The van der Waals surface area contributed by atoms with Crippen molar-refractivity contribution >= 4 is 11.8 Å². The molecule has 0 saturated heterocycles. The molecule has 0 heterocycles. The number of carbonyl (C=O) groups is 2. The van der Waals surface area contributed by atoms with Gasteiger partial charge in [0.1, 0.15) is 0 Å². The second-order valence-corrected chi connectivity index (χ2v) is 4.76. The zero-order valence-corrected chi connectivity index (χ0v) is 12.5. The highest BCUT2D eigenvalue weighted by Gasteiger charge is 2.17. The maximum absolute atomic E-state index is 13.4. The maximum Gasteiger partial charge on any atom is 0.279 e. The first-order chi connectivity index (χ1) is 11.4. The first kappa shape index (κ1) is 17.3. The highest BCUT2D eigenvalue weighted by molar-refractivity contribution is 5.95. The van der Waals surface area contributed by atoms with E-state index in [-0.39, 0.29) is 11.3 Å². The van der Waals surface area contributed by atoms with Gasteiger partial charge in [-0.2, -0.15) is 0 Å². The van der Waals surface area contributed by atoms with Crippen molar-refractivity contribution in [3.63, 3.8) is 0 Å². The molecule has 0 aliphatic carbocycles. The molecule has 2 amide bonds. The van der Waals surface area contributed by atoms with E-state index >= 15 is 0 Å². The molecule has 0 aliphatic heterocycles. The van der Waals surface area contributed by atoms with Crippen molar-refractivity contribution in [3.05, 3.63) is 65.5 Å². The molecule has 0 saturated carbocycles. The first-order valence-electron chi connectivity index (χ1n) is 6.85. The predicted octanol–water partition coefficient (Wildman–Crippen LogP) is 2.33. The number of hydrazine groups is 1. The van der Waals surface area contributed by atoms with Crippen LogP contribution in [0.1, 0.15) is 17.3 Å². The average molecular weight is 338 g/mol. The molecule has 24 heavy (non-hydrogen) atoms. The van der Waals surface area contributed by atoms with Crippen molar-refractivity contribution in [1.82, 2.24) is 10.9 Å². The van der Waals surface area contributed by atoms with Gasteiger partial charge in [0.2, 0.25) is 0 Å². The Balaban J connectivity index is 1.91. The molecule has 1 atom stereocenters. The molecule has 0 radical (unpaired) electrons. The number of hydrogen-bond donors (Lipinski definition) is 2. The number of amides is 2. The Labute approximate surface area is 135 Å². The van der Waals surface area contributed by atoms with E-state index in [1.54, 1.807) is 0 Å². The molecule has 2 aromatic carbocycles. The number of ether oxygens (including phenoxy) is 1. The summed E-state index contributed by atoms with van der Waals surface area (Å²) in [5.74, 6) is -4.64. The molecule has 0 spiro atoms. The lowest BCUT2D eigenvalue weighted by Crippen LogP contribution is -2.47. The SMILES string of the molecule is CC(Oc1ccccc1F)C(=O)NNC(=O)c1ccc(F)c(F)c1. The number of hydrogen-bond acceptors (Lipinski definition) is 3. The number of halogens is 3. The van der Waals surface area contributed by atoms with Gasteiger partial charge >= 0.3 is 0 Å². The van der Waals surface area contributed by atoms with Crippen molar-refractivity contribution in [2.24, 2.45) is 0 Å². The molecule has 8 heteroatoms. The van der Waals surface area contributed by atoms with E-state index in [9.17, 15) is 22.8 Å². The second-order valence-electron chi connectivity index (χ2n) is 4.76. The lowest BCUT2D eigenvalue weighted by molar-refractivity contribution is -0.128. The predicted molar refractivity (Wildman–Crippen MR) is 78.5 cm³/mol. The van der Waals surface area contributed by atoms with Gasteiger partial charge in [-0.05, 0) is 37.3 Å². The molecule has 126 valence electrons. The Morgan fingerprint density at radius 1 is 0.958 bits per heavy atom. The number of rotatable bonds is 4. The summed E-state index contributed by atoms with van der Waals surface area (Å²) in [6.07, 6.45) is -1.10. The van der Waals surface area contributed by atoms with Crippen molar-refractivity contribution < 1.29 is 27.5 Å². The fourth-order valence-electron chi connectivity index (χ4n) is 1.71. The summed E-state index contributed by atoms with van der Waals surface area (Å²) in [6.45, 7) is 1.35. The molecular formula is C16H13F3N2O3. The van der Waals surface area contributed by atoms with E-state index in [1.165, 1.54) is 31.2 Å². The highest BCUT2D eigenvalue weighted by atomic mass is 19.2. The number of nitrogens with one attached hydrogen (secondary N) is 2. The zero-order chi connectivity index (χ0) is 17.7. The van der Waals surface area contributed by atoms with Crippen LogP contribution in [0.25, 0.3) is 0 Å². The Bertz CT molecular complexity index is 768. The minimum absolute atomic E-state index is 0.118. The van der Waals surface area contributed by atoms with Gasteiger partial charge in [0.15, 0.2) is 29.3 Å². The summed E-state index contributed by atoms with van der Waals surface area (Å²) >= 11 is 0. The third-order valence-corrected chi connectivity index (χ3v) is 2.99. The largest absolute Gasteiger partial charge is 0.478 e. The average Bonchev–Trinajstić information content (AvgIpc) is 2.56. The number of benzene rings is 2. The quantitative estimate of drug-likeness (QED) is 0.841. The van der Waals surface area contributed by atoms with Crippen LogP contribution in [0.4, 0.5) is 13.2 Å². The molecule has 0 fully saturated rings. The van der Waals surface area contributed by atoms with E-state index in [1.807, 2.05) is 5.43 Å². The molecule has 2 rings (SSSR count). The van der Waals surface area contributed by atoms with Crippen LogP contribution in [0.15, 0.2) is 42.5 Å². The summed E-state index contributed by atoms with van der Waals surface area (Å²) in [5.41, 5.74) is 3.89. The smallest absolute Gasteiger partial charge is 0.279 e. The Morgan fingerprint density at radius 3 is 2.33 bits per heavy atom. The Morgan fingerprint density at radius 2 is 1.67 bits per heavy atom. The van der Waals surface area contributed by atoms with Crippen LogP contribution in [0, 0.1) is 17.5 Å². The maximum atomic E-state index is 13.4. The molecule has 0 bridgehead atoms. The van der Waals surface area contributed by atoms with Crippen LogP contribution in [0.5, 0.6) is 5.75 Å². The van der Waals surface area contributed by atoms with Crippen LogP contribution >= 0.6 is 0 Å². The van der Waals surface area contributed by atoms with E-state index < -0.39 is 35.4 Å². The van der Waals surface area contributed by atoms with Crippen LogP contribution in [0.3, 0.4) is 0 Å². The summed E-state index contributed by atoms with van der Waals surface area (Å²) in [5, 5.41) is 0. The van der Waals surface area contributed by atoms with Crippen LogP contribution in [0.2, 0.25) is 0 Å². The normalized spacial score (nSPS) is 11.5. The summed E-state index contributed by atoms with van der Waals surface area (Å²) in [6, 6.07) is 8.05. The molecule has 5 nitrogen and oxygen atoms in total. The fraction of sp³-hybridized carbons (Fsp3) is 0.125. The fourth-order valence-corrected chi connectivity index (χ4v) is 1.71. The van der Waals surface area contributed by atoms with Gasteiger partial charge in [0.25, 0.3) is 11.8 Å². The van der Waals surface area contributed by atoms with Crippen LogP contribution < -0.4 is 15.6 Å². The summed E-state index contributed by atoms with van der Waals surface area (Å²) in [7, 11) is 0. The lowest BCUT2D eigenvalue weighted by Gasteiger charge is -2.15. The third kappa shape index (κ3) is 4.25. The van der Waals surface area contributed by atoms with Gasteiger partial charge in [-0.25, -0.2) is 13.2 Å². The zero-order valence-electron chi connectivity index (χ0n) is 12.5. The van der Waals surface area contributed by atoms with Crippen molar-refractivity contribution in [3.8, 4) is 5.75 Å². The summed E-state index contributed by atoms with van der Waals surface area (Å²) < 4.78 is 44.4. The Hall–Kier alpha value is -3.03. The molecular weight excluding hydrogens is 325 g/mol. The minimum Gasteiger partial charge on any atom is -0.478 e. The number of para-hydroxylation sites is 1. The second kappa shape index (κ2) is 7.49. The minimum atomic E-state index is -1.19. The Kier molecular flexibility index (Phi) is 5.41. The lowest BCUT2D eigenvalue weighted by atomic mass is 10.2. The molecule has 0 aromatic heterocycles. The van der Waals surface area contributed by atoms with Gasteiger partial charge in [-0.1, -0.05) is 12.1 Å². The van der Waals surface area contributed by atoms with Crippen molar-refractivity contribution in [2.75, 3.05) is 0 Å². The topological polar surface area (TPSA) is 67.4 Å². The third-order valence-electron chi connectivity index (χ3n) is 2.99. The standard InChI is InChI=1S/C16H13F3N2O3/c1-9(24-14-5-3-2-4-12(14)18)15(22)20-21-16(23)10-6-7-11(17)13(19)8-10/h2-9H,1H3,(H,20,22)(H,21,23). The number of carbonyl (C=O) groups excluding carboxylic acids is 2. The van der Waals surface area contributed by atoms with Gasteiger partial charge in [0.05, 0.1) is 0 Å². The van der Waals surface area contributed by atoms with Gasteiger partial charge in [0, 0.05) is 5.56 Å². The van der Waals surface area contributed by atoms with E-state index in [2.05, 4.69) is 5.43 Å². The molecule has 2 aromatic rings.